The number of hydrogen-bond donors (Lipinski definition) is 1. The van der Waals surface area contributed by atoms with Crippen molar-refractivity contribution in [3.05, 3.63) is 21.6 Å². The van der Waals surface area contributed by atoms with Gasteiger partial charge >= 0.3 is 0 Å². The molecule has 0 fully saturated rings. The molecule has 0 bridgehead atoms. The van der Waals surface area contributed by atoms with Crippen LogP contribution in [0.3, 0.4) is 0 Å². The second kappa shape index (κ2) is 2.92. The highest BCUT2D eigenvalue weighted by Crippen LogP contribution is 2.16. The fourth-order valence-corrected chi connectivity index (χ4v) is 1.09. The van der Waals surface area contributed by atoms with Crippen LogP contribution in [0.15, 0.2) is 11.0 Å². The molecule has 5 heteroatoms. The second-order valence-electron chi connectivity index (χ2n) is 2.29. The van der Waals surface area contributed by atoms with E-state index in [9.17, 15) is 4.79 Å². The van der Waals surface area contributed by atoms with Gasteiger partial charge in [-0.1, -0.05) is 11.6 Å². The highest BCUT2D eigenvalue weighted by atomic mass is 35.5. The minimum absolute atomic E-state index is 0.275. The lowest BCUT2D eigenvalue weighted by molar-refractivity contribution is 0.962. The van der Waals surface area contributed by atoms with Crippen LogP contribution in [0, 0.1) is 0 Å². The normalized spacial score (nSPS) is 9.73. The zero-order valence-corrected chi connectivity index (χ0v) is 7.01. The van der Waals surface area contributed by atoms with Crippen molar-refractivity contribution in [2.75, 3.05) is 19.0 Å². The number of aromatic nitrogens is 2. The molecule has 1 heterocycles. The van der Waals surface area contributed by atoms with Crippen molar-refractivity contribution in [3.63, 3.8) is 0 Å². The van der Waals surface area contributed by atoms with Crippen molar-refractivity contribution in [3.8, 4) is 0 Å². The molecule has 1 aromatic rings. The molecule has 0 aliphatic rings. The summed E-state index contributed by atoms with van der Waals surface area (Å²) in [6.45, 7) is 0. The lowest BCUT2D eigenvalue weighted by Gasteiger charge is -2.10. The fourth-order valence-electron chi connectivity index (χ4n) is 0.787. The third kappa shape index (κ3) is 1.51. The number of H-pyrrole nitrogens is 1. The molecule has 0 aliphatic carbocycles. The number of anilines is 1. The number of nitrogens with one attached hydrogen (secondary N) is 1. The summed E-state index contributed by atoms with van der Waals surface area (Å²) in [6, 6.07) is 0. The zero-order chi connectivity index (χ0) is 8.43. The van der Waals surface area contributed by atoms with Crippen molar-refractivity contribution < 1.29 is 0 Å². The molecule has 0 amide bonds. The number of aromatic amines is 1. The van der Waals surface area contributed by atoms with Gasteiger partial charge in [0.1, 0.15) is 5.69 Å². The summed E-state index contributed by atoms with van der Waals surface area (Å²) in [4.78, 5) is 12.7. The highest BCUT2D eigenvalue weighted by Gasteiger charge is 2.06. The third-order valence-corrected chi connectivity index (χ3v) is 1.51. The first-order valence-corrected chi connectivity index (χ1v) is 3.41. The molecular weight excluding hydrogens is 166 g/mol. The van der Waals surface area contributed by atoms with Crippen LogP contribution < -0.4 is 10.5 Å². The first-order valence-electron chi connectivity index (χ1n) is 3.03. The van der Waals surface area contributed by atoms with Crippen molar-refractivity contribution in [2.24, 2.45) is 0 Å². The molecule has 0 unspecified atom stereocenters. The first-order chi connectivity index (χ1) is 5.13. The van der Waals surface area contributed by atoms with Gasteiger partial charge in [0.25, 0.3) is 5.56 Å². The summed E-state index contributed by atoms with van der Waals surface area (Å²) in [7, 11) is 3.49. The van der Waals surface area contributed by atoms with Gasteiger partial charge in [0.15, 0.2) is 0 Å². The zero-order valence-electron chi connectivity index (χ0n) is 6.26. The average Bonchev–Trinajstić information content (AvgIpc) is 1.85. The van der Waals surface area contributed by atoms with Gasteiger partial charge in [-0.2, -0.15) is 5.10 Å². The standard InChI is InChI=1S/C6H8ClN3O/c1-10(2)5-4(7)3-8-9-6(5)11/h3H,1-2H3,(H,9,11). The lowest BCUT2D eigenvalue weighted by atomic mass is 10.4. The summed E-state index contributed by atoms with van der Waals surface area (Å²) < 4.78 is 0. The van der Waals surface area contributed by atoms with E-state index < -0.39 is 0 Å². The minimum Gasteiger partial charge on any atom is -0.372 e. The van der Waals surface area contributed by atoms with Crippen LogP contribution in [-0.2, 0) is 0 Å². The number of hydrogen-bond acceptors (Lipinski definition) is 3. The number of nitrogens with zero attached hydrogens (tertiary/aromatic N) is 2. The van der Waals surface area contributed by atoms with Crippen molar-refractivity contribution >= 4 is 17.3 Å². The van der Waals surface area contributed by atoms with Crippen LogP contribution in [0.4, 0.5) is 5.69 Å². The fraction of sp³-hybridized carbons (Fsp3) is 0.333. The van der Waals surface area contributed by atoms with Crippen LogP contribution in [0.1, 0.15) is 0 Å². The van der Waals surface area contributed by atoms with E-state index in [1.807, 2.05) is 0 Å². The SMILES string of the molecule is CN(C)c1c(Cl)cn[nH]c1=O. The van der Waals surface area contributed by atoms with Crippen molar-refractivity contribution in [1.82, 2.24) is 10.2 Å². The van der Waals surface area contributed by atoms with E-state index in [-0.39, 0.29) is 5.56 Å². The number of rotatable bonds is 1. The molecule has 0 saturated carbocycles. The smallest absolute Gasteiger partial charge is 0.289 e. The molecule has 1 aromatic heterocycles. The average molecular weight is 174 g/mol. The van der Waals surface area contributed by atoms with Crippen LogP contribution in [0.5, 0.6) is 0 Å². The highest BCUT2D eigenvalue weighted by molar-refractivity contribution is 6.33. The van der Waals surface area contributed by atoms with E-state index in [1.165, 1.54) is 6.20 Å². The molecule has 4 nitrogen and oxygen atoms in total. The van der Waals surface area contributed by atoms with Crippen molar-refractivity contribution in [1.29, 1.82) is 0 Å². The maximum Gasteiger partial charge on any atom is 0.289 e. The molecule has 1 N–H and O–H groups in total. The maximum atomic E-state index is 11.0. The van der Waals surface area contributed by atoms with Gasteiger partial charge < -0.3 is 4.90 Å². The van der Waals surface area contributed by atoms with E-state index in [0.29, 0.717) is 10.7 Å². The van der Waals surface area contributed by atoms with Crippen LogP contribution in [0.2, 0.25) is 5.02 Å². The Balaban J connectivity index is 3.33. The molecule has 60 valence electrons. The lowest BCUT2D eigenvalue weighted by Crippen LogP contribution is -2.21. The molecular formula is C6H8ClN3O. The molecule has 0 aromatic carbocycles. The van der Waals surface area contributed by atoms with Crippen LogP contribution in [0.25, 0.3) is 0 Å². The maximum absolute atomic E-state index is 11.0. The van der Waals surface area contributed by atoms with E-state index in [1.54, 1.807) is 19.0 Å². The van der Waals surface area contributed by atoms with Crippen molar-refractivity contribution in [2.45, 2.75) is 0 Å². The quantitative estimate of drug-likeness (QED) is 0.673. The summed E-state index contributed by atoms with van der Waals surface area (Å²) in [5, 5.41) is 6.18. The van der Waals surface area contributed by atoms with Gasteiger partial charge in [-0.05, 0) is 0 Å². The Hall–Kier alpha value is -1.03. The minimum atomic E-state index is -0.275. The Bertz CT molecular complexity index is 307. The third-order valence-electron chi connectivity index (χ3n) is 1.23. The molecule has 0 spiro atoms. The molecule has 0 aliphatic heterocycles. The molecule has 0 saturated heterocycles. The molecule has 0 radical (unpaired) electrons. The Morgan fingerprint density at radius 3 is 2.64 bits per heavy atom. The number of halogens is 1. The summed E-state index contributed by atoms with van der Waals surface area (Å²) in [5.74, 6) is 0. The van der Waals surface area contributed by atoms with Gasteiger partial charge in [0, 0.05) is 14.1 Å². The van der Waals surface area contributed by atoms with Gasteiger partial charge in [-0.3, -0.25) is 4.79 Å². The Kier molecular flexibility index (Phi) is 2.14. The summed E-state index contributed by atoms with van der Waals surface area (Å²) in [6.07, 6.45) is 1.40. The first kappa shape index (κ1) is 8.07. The van der Waals surface area contributed by atoms with E-state index in [2.05, 4.69) is 10.2 Å². The largest absolute Gasteiger partial charge is 0.372 e. The predicted molar refractivity (Wildman–Crippen MR) is 44.2 cm³/mol. The topological polar surface area (TPSA) is 49.0 Å². The monoisotopic (exact) mass is 173 g/mol. The van der Waals surface area contributed by atoms with Crippen LogP contribution >= 0.6 is 11.6 Å². The Labute approximate surface area is 68.8 Å². The van der Waals surface area contributed by atoms with Crippen LogP contribution in [-0.4, -0.2) is 24.3 Å². The van der Waals surface area contributed by atoms with E-state index in [4.69, 9.17) is 11.6 Å². The Morgan fingerprint density at radius 2 is 2.27 bits per heavy atom. The summed E-state index contributed by atoms with van der Waals surface area (Å²) >= 11 is 5.70. The predicted octanol–water partition coefficient (Wildman–Crippen LogP) is 0.489. The van der Waals surface area contributed by atoms with Gasteiger partial charge in [0.05, 0.1) is 11.2 Å². The molecule has 0 atom stereocenters. The van der Waals surface area contributed by atoms with E-state index >= 15 is 0 Å². The van der Waals surface area contributed by atoms with Gasteiger partial charge in [0.2, 0.25) is 0 Å². The molecule has 11 heavy (non-hydrogen) atoms. The molecule has 1 rings (SSSR count). The Morgan fingerprint density at radius 1 is 1.64 bits per heavy atom. The summed E-state index contributed by atoms with van der Waals surface area (Å²) in [5.41, 5.74) is 0.157. The second-order valence-corrected chi connectivity index (χ2v) is 2.70. The van der Waals surface area contributed by atoms with Gasteiger partial charge in [-0.15, -0.1) is 0 Å². The van der Waals surface area contributed by atoms with E-state index in [0.717, 1.165) is 0 Å². The van der Waals surface area contributed by atoms with Gasteiger partial charge in [-0.25, -0.2) is 5.10 Å².